The smallest absolute Gasteiger partial charge is 0.321 e. The largest absolute Gasteiger partial charge is 0.338 e. The van der Waals surface area contributed by atoms with Gasteiger partial charge in [0.05, 0.1) is 11.4 Å². The number of anilines is 1. The number of carbonyl (C=O) groups is 1. The maximum atomic E-state index is 11.6. The van der Waals surface area contributed by atoms with Gasteiger partial charge in [0.1, 0.15) is 5.65 Å². The van der Waals surface area contributed by atoms with E-state index in [0.29, 0.717) is 18.8 Å². The Labute approximate surface area is 121 Å². The Hall–Kier alpha value is -2.83. The fraction of sp³-hybridized carbons (Fsp3) is 0.214. The second-order valence-corrected chi connectivity index (χ2v) is 4.66. The summed E-state index contributed by atoms with van der Waals surface area (Å²) < 4.78 is 6.85. The molecule has 0 unspecified atom stereocenters. The predicted molar refractivity (Wildman–Crippen MR) is 77.2 cm³/mol. The van der Waals surface area contributed by atoms with Crippen molar-refractivity contribution < 1.29 is 9.32 Å². The highest BCUT2D eigenvalue weighted by Gasteiger charge is 2.06. The number of hydrogen-bond acceptors (Lipinski definition) is 4. The Bertz CT molecular complexity index is 728. The van der Waals surface area contributed by atoms with Crippen LogP contribution in [0.3, 0.4) is 0 Å². The van der Waals surface area contributed by atoms with Crippen LogP contribution in [-0.4, -0.2) is 27.1 Å². The summed E-state index contributed by atoms with van der Waals surface area (Å²) in [6.45, 7) is 2.28. The monoisotopic (exact) mass is 285 g/mol. The van der Waals surface area contributed by atoms with Gasteiger partial charge in [0.2, 0.25) is 5.88 Å². The third-order valence-corrected chi connectivity index (χ3v) is 2.95. The van der Waals surface area contributed by atoms with Gasteiger partial charge in [-0.3, -0.25) is 5.32 Å². The van der Waals surface area contributed by atoms with Crippen LogP contribution in [0.15, 0.2) is 41.2 Å². The molecule has 3 aromatic heterocycles. The average Bonchev–Trinajstić information content (AvgIpc) is 3.04. The van der Waals surface area contributed by atoms with Crippen molar-refractivity contribution in [3.63, 3.8) is 0 Å². The van der Waals surface area contributed by atoms with E-state index in [1.807, 2.05) is 35.0 Å². The molecule has 0 radical (unpaired) electrons. The standard InChI is InChI=1S/C14H15N5O2/c1-10-8-13(21-18-10)17-14(20)15-6-5-11-9-19-7-3-2-4-12(19)16-11/h2-4,7-9H,5-6H2,1H3,(H2,15,17,20). The van der Waals surface area contributed by atoms with Crippen LogP contribution in [0.4, 0.5) is 10.7 Å². The lowest BCUT2D eigenvalue weighted by molar-refractivity contribution is 0.251. The Balaban J connectivity index is 1.50. The van der Waals surface area contributed by atoms with Gasteiger partial charge in [-0.25, -0.2) is 9.78 Å². The van der Waals surface area contributed by atoms with Crippen molar-refractivity contribution >= 4 is 17.6 Å². The molecule has 21 heavy (non-hydrogen) atoms. The van der Waals surface area contributed by atoms with Crippen molar-refractivity contribution in [1.82, 2.24) is 19.9 Å². The first-order valence-corrected chi connectivity index (χ1v) is 6.61. The lowest BCUT2D eigenvalue weighted by Crippen LogP contribution is -2.30. The van der Waals surface area contributed by atoms with Crippen LogP contribution in [0.1, 0.15) is 11.4 Å². The van der Waals surface area contributed by atoms with E-state index in [0.717, 1.165) is 17.0 Å². The summed E-state index contributed by atoms with van der Waals surface area (Å²) in [5.41, 5.74) is 2.54. The molecule has 0 atom stereocenters. The number of carbonyl (C=O) groups excluding carboxylic acids is 1. The highest BCUT2D eigenvalue weighted by atomic mass is 16.5. The Morgan fingerprint density at radius 1 is 1.43 bits per heavy atom. The van der Waals surface area contributed by atoms with Crippen molar-refractivity contribution in [3.05, 3.63) is 48.0 Å². The molecule has 2 N–H and O–H groups in total. The van der Waals surface area contributed by atoms with Gasteiger partial charge in [-0.2, -0.15) is 0 Å². The number of rotatable bonds is 4. The van der Waals surface area contributed by atoms with Crippen LogP contribution in [0.25, 0.3) is 5.65 Å². The van der Waals surface area contributed by atoms with Gasteiger partial charge in [0, 0.05) is 31.4 Å². The van der Waals surface area contributed by atoms with Gasteiger partial charge in [-0.15, -0.1) is 0 Å². The second kappa shape index (κ2) is 5.66. The minimum atomic E-state index is -0.324. The summed E-state index contributed by atoms with van der Waals surface area (Å²) >= 11 is 0. The summed E-state index contributed by atoms with van der Waals surface area (Å²) in [5, 5.41) is 9.01. The number of imidazole rings is 1. The zero-order valence-electron chi connectivity index (χ0n) is 11.5. The molecule has 3 rings (SSSR count). The molecule has 0 saturated carbocycles. The lowest BCUT2D eigenvalue weighted by Gasteiger charge is -2.03. The Morgan fingerprint density at radius 2 is 2.33 bits per heavy atom. The maximum Gasteiger partial charge on any atom is 0.321 e. The van der Waals surface area contributed by atoms with E-state index in [2.05, 4.69) is 20.8 Å². The second-order valence-electron chi connectivity index (χ2n) is 4.66. The maximum absolute atomic E-state index is 11.6. The quantitative estimate of drug-likeness (QED) is 0.767. The number of nitrogens with zero attached hydrogens (tertiary/aromatic N) is 3. The van der Waals surface area contributed by atoms with Crippen LogP contribution in [0, 0.1) is 6.92 Å². The number of nitrogens with one attached hydrogen (secondary N) is 2. The molecule has 0 aliphatic carbocycles. The number of amides is 2. The summed E-state index contributed by atoms with van der Waals surface area (Å²) in [6, 6.07) is 7.16. The molecular formula is C14H15N5O2. The third kappa shape index (κ3) is 3.19. The predicted octanol–water partition coefficient (Wildman–Crippen LogP) is 1.99. The molecule has 0 spiro atoms. The minimum absolute atomic E-state index is 0.324. The average molecular weight is 285 g/mol. The lowest BCUT2D eigenvalue weighted by atomic mass is 10.3. The first-order valence-electron chi connectivity index (χ1n) is 6.61. The van der Waals surface area contributed by atoms with Gasteiger partial charge in [0.25, 0.3) is 0 Å². The third-order valence-electron chi connectivity index (χ3n) is 2.95. The normalized spacial score (nSPS) is 10.7. The summed E-state index contributed by atoms with van der Waals surface area (Å²) in [6.07, 6.45) is 4.55. The molecule has 7 heteroatoms. The highest BCUT2D eigenvalue weighted by Crippen LogP contribution is 2.08. The van der Waals surface area contributed by atoms with Gasteiger partial charge < -0.3 is 14.2 Å². The van der Waals surface area contributed by atoms with Crippen LogP contribution >= 0.6 is 0 Å². The first kappa shape index (κ1) is 13.2. The molecule has 0 aliphatic heterocycles. The fourth-order valence-corrected chi connectivity index (χ4v) is 1.99. The van der Waals surface area contributed by atoms with E-state index in [4.69, 9.17) is 4.52 Å². The molecule has 0 saturated heterocycles. The molecule has 3 heterocycles. The van der Waals surface area contributed by atoms with Crippen molar-refractivity contribution in [1.29, 1.82) is 0 Å². The highest BCUT2D eigenvalue weighted by molar-refractivity contribution is 5.87. The van der Waals surface area contributed by atoms with Crippen LogP contribution in [0.5, 0.6) is 0 Å². The molecule has 0 fully saturated rings. The van der Waals surface area contributed by atoms with Crippen molar-refractivity contribution in [2.45, 2.75) is 13.3 Å². The first-order chi connectivity index (χ1) is 10.2. The summed E-state index contributed by atoms with van der Waals surface area (Å²) in [5.74, 6) is 0.331. The number of fused-ring (bicyclic) bond motifs is 1. The molecule has 108 valence electrons. The molecule has 0 bridgehead atoms. The van der Waals surface area contributed by atoms with Gasteiger partial charge in [-0.05, 0) is 19.1 Å². The molecule has 3 aromatic rings. The van der Waals surface area contributed by atoms with Crippen molar-refractivity contribution in [3.8, 4) is 0 Å². The number of aryl methyl sites for hydroxylation is 1. The van der Waals surface area contributed by atoms with E-state index < -0.39 is 0 Å². The molecule has 2 amide bonds. The van der Waals surface area contributed by atoms with Crippen LogP contribution in [-0.2, 0) is 6.42 Å². The van der Waals surface area contributed by atoms with Gasteiger partial charge in [0.15, 0.2) is 0 Å². The topological polar surface area (TPSA) is 84.5 Å². The van der Waals surface area contributed by atoms with E-state index in [9.17, 15) is 4.79 Å². The Morgan fingerprint density at radius 3 is 3.10 bits per heavy atom. The van der Waals surface area contributed by atoms with E-state index >= 15 is 0 Å². The van der Waals surface area contributed by atoms with E-state index in [1.54, 1.807) is 13.0 Å². The summed E-state index contributed by atoms with van der Waals surface area (Å²) in [4.78, 5) is 16.1. The molecular weight excluding hydrogens is 270 g/mol. The molecule has 0 aliphatic rings. The zero-order chi connectivity index (χ0) is 14.7. The number of urea groups is 1. The van der Waals surface area contributed by atoms with Crippen LogP contribution < -0.4 is 10.6 Å². The number of aromatic nitrogens is 3. The zero-order valence-corrected chi connectivity index (χ0v) is 11.5. The fourth-order valence-electron chi connectivity index (χ4n) is 1.99. The minimum Gasteiger partial charge on any atom is -0.338 e. The number of hydrogen-bond donors (Lipinski definition) is 2. The summed E-state index contributed by atoms with van der Waals surface area (Å²) in [7, 11) is 0. The molecule has 0 aromatic carbocycles. The van der Waals surface area contributed by atoms with E-state index in [1.165, 1.54) is 0 Å². The van der Waals surface area contributed by atoms with Gasteiger partial charge in [-0.1, -0.05) is 11.2 Å². The van der Waals surface area contributed by atoms with E-state index in [-0.39, 0.29) is 6.03 Å². The SMILES string of the molecule is Cc1cc(NC(=O)NCCc2cn3ccccc3n2)on1. The number of pyridine rings is 1. The van der Waals surface area contributed by atoms with Crippen molar-refractivity contribution in [2.75, 3.05) is 11.9 Å². The van der Waals surface area contributed by atoms with Gasteiger partial charge >= 0.3 is 6.03 Å². The van der Waals surface area contributed by atoms with Crippen LogP contribution in [0.2, 0.25) is 0 Å². The Kier molecular flexibility index (Phi) is 3.55. The molecule has 7 nitrogen and oxygen atoms in total. The van der Waals surface area contributed by atoms with Crippen molar-refractivity contribution in [2.24, 2.45) is 0 Å².